The predicted octanol–water partition coefficient (Wildman–Crippen LogP) is 4.85. The highest BCUT2D eigenvalue weighted by molar-refractivity contribution is 9.10. The number of hydrogen-bond donors (Lipinski definition) is 3. The van der Waals surface area contributed by atoms with Crippen LogP contribution in [0.4, 0.5) is 0 Å². The van der Waals surface area contributed by atoms with Gasteiger partial charge in [0, 0.05) is 44.0 Å². The minimum atomic E-state index is -0.365. The number of phenolic OH excluding ortho intramolecular Hbond substituents is 2. The predicted molar refractivity (Wildman–Crippen MR) is 104 cm³/mol. The van der Waals surface area contributed by atoms with Gasteiger partial charge in [-0.05, 0) is 24.3 Å². The summed E-state index contributed by atoms with van der Waals surface area (Å²) in [5, 5.41) is 24.2. The lowest BCUT2D eigenvalue weighted by molar-refractivity contribution is -0.130. The topological polar surface area (TPSA) is 69.6 Å². The molecule has 4 nitrogen and oxygen atoms in total. The maximum Gasteiger partial charge on any atom is 0.142 e. The van der Waals surface area contributed by atoms with E-state index >= 15 is 0 Å². The summed E-state index contributed by atoms with van der Waals surface area (Å²) in [6.45, 7) is 3.73. The molecule has 0 radical (unpaired) electrons. The molecule has 0 unspecified atom stereocenters. The van der Waals surface area contributed by atoms with E-state index in [0.717, 1.165) is 8.95 Å². The van der Waals surface area contributed by atoms with Crippen molar-refractivity contribution in [1.29, 1.82) is 0 Å². The van der Waals surface area contributed by atoms with Gasteiger partial charge in [0.25, 0.3) is 0 Å². The number of carbonyl (C=O) groups excluding carboxylic acids is 1. The molecule has 0 aliphatic carbocycles. The third kappa shape index (κ3) is 3.23. The van der Waals surface area contributed by atoms with E-state index < -0.39 is 0 Å². The minimum Gasteiger partial charge on any atom is -0.508 e. The SMILES string of the molecule is C[C@@H]1C(=O)[C@H](C)[C@@H](c2c(O)cccc2Br)N[C@@H]1c1c(O)cccc1Br. The number of phenols is 2. The lowest BCUT2D eigenvalue weighted by Crippen LogP contribution is -2.46. The number of aromatic hydroxyl groups is 2. The third-order valence-corrected chi connectivity index (χ3v) is 6.32. The minimum absolute atomic E-state index is 0.0963. The zero-order valence-corrected chi connectivity index (χ0v) is 17.0. The van der Waals surface area contributed by atoms with Gasteiger partial charge < -0.3 is 15.5 Å². The molecule has 1 fully saturated rings. The fraction of sp³-hybridized carbons (Fsp3) is 0.316. The van der Waals surface area contributed by atoms with E-state index in [0.29, 0.717) is 11.1 Å². The third-order valence-electron chi connectivity index (χ3n) is 4.94. The van der Waals surface area contributed by atoms with Gasteiger partial charge in [-0.15, -0.1) is 0 Å². The normalized spacial score (nSPS) is 26.6. The Hall–Kier alpha value is -1.37. The van der Waals surface area contributed by atoms with Crippen LogP contribution in [0.2, 0.25) is 0 Å². The van der Waals surface area contributed by atoms with Crippen LogP contribution in [0.3, 0.4) is 0 Å². The van der Waals surface area contributed by atoms with Crippen molar-refractivity contribution >= 4 is 37.6 Å². The molecule has 3 N–H and O–H groups in total. The van der Waals surface area contributed by atoms with Crippen molar-refractivity contribution in [3.05, 3.63) is 56.5 Å². The van der Waals surface area contributed by atoms with Crippen LogP contribution in [0, 0.1) is 11.8 Å². The first kappa shape index (κ1) is 18.4. The lowest BCUT2D eigenvalue weighted by Gasteiger charge is -2.40. The molecule has 6 heteroatoms. The summed E-state index contributed by atoms with van der Waals surface area (Å²) in [6.07, 6.45) is 0. The van der Waals surface area contributed by atoms with Crippen LogP contribution in [0.5, 0.6) is 11.5 Å². The smallest absolute Gasteiger partial charge is 0.142 e. The number of nitrogens with one attached hydrogen (secondary N) is 1. The highest BCUT2D eigenvalue weighted by Crippen LogP contribution is 2.45. The Morgan fingerprint density at radius 3 is 1.60 bits per heavy atom. The van der Waals surface area contributed by atoms with Crippen molar-refractivity contribution in [3.8, 4) is 11.5 Å². The summed E-state index contributed by atoms with van der Waals surface area (Å²) >= 11 is 6.96. The molecular weight excluding hydrogens is 450 g/mol. The van der Waals surface area contributed by atoms with Crippen LogP contribution >= 0.6 is 31.9 Å². The average molecular weight is 469 g/mol. The number of carbonyl (C=O) groups is 1. The molecule has 1 aliphatic heterocycles. The molecule has 2 aromatic carbocycles. The van der Waals surface area contributed by atoms with Crippen molar-refractivity contribution < 1.29 is 15.0 Å². The second kappa shape index (κ2) is 7.09. The second-order valence-corrected chi connectivity index (χ2v) is 8.16. The summed E-state index contributed by atoms with van der Waals surface area (Å²) in [5.41, 5.74) is 1.32. The molecular formula is C19H19Br2NO3. The van der Waals surface area contributed by atoms with Gasteiger partial charge in [-0.25, -0.2) is 0 Å². The van der Waals surface area contributed by atoms with E-state index in [1.807, 2.05) is 26.0 Å². The zero-order chi connectivity index (χ0) is 18.3. The lowest BCUT2D eigenvalue weighted by atomic mass is 9.76. The van der Waals surface area contributed by atoms with Gasteiger partial charge in [0.15, 0.2) is 0 Å². The number of benzene rings is 2. The van der Waals surface area contributed by atoms with Crippen LogP contribution in [-0.2, 0) is 4.79 Å². The molecule has 0 spiro atoms. The molecule has 3 rings (SSSR count). The van der Waals surface area contributed by atoms with E-state index in [9.17, 15) is 15.0 Å². The Balaban J connectivity index is 2.09. The number of halogens is 2. The molecule has 132 valence electrons. The van der Waals surface area contributed by atoms with Crippen LogP contribution < -0.4 is 5.32 Å². The van der Waals surface area contributed by atoms with E-state index in [-0.39, 0.29) is 41.2 Å². The number of Topliss-reactive ketones (excluding diaryl/α,β-unsaturated/α-hetero) is 1. The van der Waals surface area contributed by atoms with Crippen LogP contribution in [0.1, 0.15) is 37.1 Å². The Morgan fingerprint density at radius 2 is 1.24 bits per heavy atom. The number of ketones is 1. The zero-order valence-electron chi connectivity index (χ0n) is 13.8. The first-order valence-electron chi connectivity index (χ1n) is 8.07. The fourth-order valence-corrected chi connectivity index (χ4v) is 4.76. The van der Waals surface area contributed by atoms with Gasteiger partial charge in [-0.2, -0.15) is 0 Å². The van der Waals surface area contributed by atoms with Gasteiger partial charge >= 0.3 is 0 Å². The van der Waals surface area contributed by atoms with Crippen molar-refractivity contribution in [2.75, 3.05) is 0 Å². The Morgan fingerprint density at radius 1 is 0.840 bits per heavy atom. The molecule has 1 saturated heterocycles. The Kier molecular flexibility index (Phi) is 5.23. The summed E-state index contributed by atoms with van der Waals surface area (Å²) in [7, 11) is 0. The molecule has 0 saturated carbocycles. The first-order chi connectivity index (χ1) is 11.8. The quantitative estimate of drug-likeness (QED) is 0.589. The Bertz CT molecular complexity index is 718. The average Bonchev–Trinajstić information content (AvgIpc) is 2.56. The maximum absolute atomic E-state index is 12.9. The van der Waals surface area contributed by atoms with Gasteiger partial charge in [-0.3, -0.25) is 4.79 Å². The summed E-state index contributed by atoms with van der Waals surface area (Å²) in [4.78, 5) is 12.9. The number of hydrogen-bond acceptors (Lipinski definition) is 4. The molecule has 25 heavy (non-hydrogen) atoms. The number of rotatable bonds is 2. The van der Waals surface area contributed by atoms with E-state index in [4.69, 9.17) is 0 Å². The number of piperidine rings is 1. The largest absolute Gasteiger partial charge is 0.508 e. The van der Waals surface area contributed by atoms with E-state index in [2.05, 4.69) is 37.2 Å². The van der Waals surface area contributed by atoms with Crippen molar-refractivity contribution in [2.45, 2.75) is 25.9 Å². The standard InChI is InChI=1S/C19H19Br2NO3/c1-9-17(15-11(20)5-3-7-13(15)23)22-18(10(2)19(9)25)16-12(21)6-4-8-14(16)24/h3-10,17-18,22-24H,1-2H3/t9-,10+,17-,18-/m0/s1. The molecule has 1 aliphatic rings. The Labute approximate surface area is 163 Å². The van der Waals surface area contributed by atoms with Gasteiger partial charge in [-0.1, -0.05) is 57.8 Å². The highest BCUT2D eigenvalue weighted by atomic mass is 79.9. The van der Waals surface area contributed by atoms with Gasteiger partial charge in [0.05, 0.1) is 0 Å². The van der Waals surface area contributed by atoms with Crippen LogP contribution in [-0.4, -0.2) is 16.0 Å². The van der Waals surface area contributed by atoms with Crippen LogP contribution in [0.15, 0.2) is 45.3 Å². The first-order valence-corrected chi connectivity index (χ1v) is 9.66. The van der Waals surface area contributed by atoms with Crippen molar-refractivity contribution in [1.82, 2.24) is 5.32 Å². The summed E-state index contributed by atoms with van der Waals surface area (Å²) in [5.74, 6) is -0.243. The summed E-state index contributed by atoms with van der Waals surface area (Å²) in [6, 6.07) is 9.68. The molecule has 4 atom stereocenters. The monoisotopic (exact) mass is 467 g/mol. The molecule has 0 aromatic heterocycles. The second-order valence-electron chi connectivity index (χ2n) is 6.45. The highest BCUT2D eigenvalue weighted by Gasteiger charge is 2.42. The fourth-order valence-electron chi connectivity index (χ4n) is 3.56. The molecule has 1 heterocycles. The van der Waals surface area contributed by atoms with Gasteiger partial charge in [0.2, 0.25) is 0 Å². The van der Waals surface area contributed by atoms with E-state index in [1.54, 1.807) is 24.3 Å². The molecule has 0 amide bonds. The van der Waals surface area contributed by atoms with Crippen LogP contribution in [0.25, 0.3) is 0 Å². The van der Waals surface area contributed by atoms with Crippen molar-refractivity contribution in [3.63, 3.8) is 0 Å². The molecule has 0 bridgehead atoms. The molecule has 2 aromatic rings. The van der Waals surface area contributed by atoms with E-state index in [1.165, 1.54) is 0 Å². The maximum atomic E-state index is 12.9. The summed E-state index contributed by atoms with van der Waals surface area (Å²) < 4.78 is 1.49. The van der Waals surface area contributed by atoms with Gasteiger partial charge in [0.1, 0.15) is 17.3 Å². The van der Waals surface area contributed by atoms with Crippen molar-refractivity contribution in [2.24, 2.45) is 11.8 Å².